The quantitative estimate of drug-likeness (QED) is 0.622. The summed E-state index contributed by atoms with van der Waals surface area (Å²) in [6.07, 6.45) is -1.09. The zero-order valence-electron chi connectivity index (χ0n) is 10.1. The molecular weight excluding hydrogens is 245 g/mol. The molecule has 8 heteroatoms. The summed E-state index contributed by atoms with van der Waals surface area (Å²) in [4.78, 5) is 1.71. The monoisotopic (exact) mass is 263 g/mol. The van der Waals surface area contributed by atoms with Gasteiger partial charge in [0.05, 0.1) is 0 Å². The fraction of sp³-hybridized carbons (Fsp3) is 0.889. The Morgan fingerprint density at radius 2 is 1.65 bits per heavy atom. The number of rotatable bonds is 3. The topological polar surface area (TPSA) is 50.6 Å². The van der Waals surface area contributed by atoms with Crippen LogP contribution < -0.4 is 6.15 Å². The first-order valence-electron chi connectivity index (χ1n) is 5.11. The number of alkyl halides is 4. The first-order chi connectivity index (χ1) is 7.33. The van der Waals surface area contributed by atoms with E-state index in [1.165, 1.54) is 0 Å². The van der Waals surface area contributed by atoms with Crippen LogP contribution in [-0.4, -0.2) is 29.6 Å². The highest BCUT2D eigenvalue weighted by Crippen LogP contribution is 2.43. The second-order valence-electron chi connectivity index (χ2n) is 2.97. The number of unbranched alkanes of at least 4 members (excludes halogenated alkanes) is 1. The van der Waals surface area contributed by atoms with Crippen LogP contribution in [0.5, 0.6) is 0 Å². The number of aliphatic imine (C=N–C) groups is 1. The van der Waals surface area contributed by atoms with Gasteiger partial charge in [-0.15, -0.1) is 0 Å². The van der Waals surface area contributed by atoms with Gasteiger partial charge in [0.2, 0.25) is 0 Å². The molecule has 0 radical (unpaired) electrons. The van der Waals surface area contributed by atoms with Gasteiger partial charge in [-0.3, -0.25) is 4.90 Å². The molecule has 1 aliphatic heterocycles. The molecule has 0 spiro atoms. The van der Waals surface area contributed by atoms with Gasteiger partial charge in [-0.05, 0) is 6.42 Å². The Bertz CT molecular complexity index is 255. The molecule has 0 aromatic heterocycles. The van der Waals surface area contributed by atoms with Gasteiger partial charge in [-0.2, -0.15) is 26.9 Å². The maximum atomic E-state index is 12.8. The van der Waals surface area contributed by atoms with Crippen LogP contribution in [0.4, 0.5) is 22.0 Å². The van der Waals surface area contributed by atoms with E-state index in [0.717, 1.165) is 0 Å². The lowest BCUT2D eigenvalue weighted by Crippen LogP contribution is -2.49. The summed E-state index contributed by atoms with van der Waals surface area (Å²) in [7, 11) is 0. The summed E-state index contributed by atoms with van der Waals surface area (Å²) in [5, 5.41) is 0. The summed E-state index contributed by atoms with van der Waals surface area (Å²) in [5.74, 6) is 0. The van der Waals surface area contributed by atoms with Crippen molar-refractivity contribution < 1.29 is 22.0 Å². The summed E-state index contributed by atoms with van der Waals surface area (Å²) in [6.45, 7) is 5.22. The second kappa shape index (κ2) is 6.73. The van der Waals surface area contributed by atoms with Crippen molar-refractivity contribution in [1.29, 1.82) is 0 Å². The smallest absolute Gasteiger partial charge is 0.344 e. The second-order valence-corrected chi connectivity index (χ2v) is 2.97. The van der Waals surface area contributed by atoms with Gasteiger partial charge in [0.1, 0.15) is 0 Å². The molecule has 3 N–H and O–H groups in total. The van der Waals surface area contributed by atoms with Gasteiger partial charge in [0.25, 0.3) is 6.09 Å². The minimum atomic E-state index is -4.66. The Labute approximate surface area is 97.3 Å². The molecule has 1 heterocycles. The van der Waals surface area contributed by atoms with Crippen LogP contribution in [0.3, 0.4) is 0 Å². The van der Waals surface area contributed by atoms with Gasteiger partial charge >= 0.3 is 12.1 Å². The van der Waals surface area contributed by atoms with Crippen molar-refractivity contribution in [2.45, 2.75) is 45.7 Å². The minimum Gasteiger partial charge on any atom is -0.344 e. The third kappa shape index (κ3) is 3.52. The van der Waals surface area contributed by atoms with Crippen LogP contribution in [0.15, 0.2) is 4.99 Å². The summed E-state index contributed by atoms with van der Waals surface area (Å²) in [6, 6.07) is -9.21. The van der Waals surface area contributed by atoms with Crippen molar-refractivity contribution in [1.82, 2.24) is 11.1 Å². The van der Waals surface area contributed by atoms with E-state index in [1.807, 2.05) is 18.8 Å². The first kappa shape index (κ1) is 18.4. The lowest BCUT2D eigenvalue weighted by Gasteiger charge is -2.26. The van der Waals surface area contributed by atoms with Crippen LogP contribution in [0.25, 0.3) is 0 Å². The van der Waals surface area contributed by atoms with Crippen molar-refractivity contribution >= 4 is 6.09 Å². The molecule has 0 fully saturated rings. The molecule has 0 atom stereocenters. The lowest BCUT2D eigenvalue weighted by atomic mass is 10.3. The Morgan fingerprint density at radius 3 is 1.94 bits per heavy atom. The molecule has 0 aromatic carbocycles. The van der Waals surface area contributed by atoms with E-state index >= 15 is 0 Å². The molecular formula is C9H18F5N3. The van der Waals surface area contributed by atoms with Crippen LogP contribution in [0, 0.1) is 0 Å². The van der Waals surface area contributed by atoms with Gasteiger partial charge in [0, 0.05) is 6.54 Å². The Balaban J connectivity index is 0. The predicted octanol–water partition coefficient (Wildman–Crippen LogP) is 3.80. The maximum Gasteiger partial charge on any atom is 0.429 e. The average molecular weight is 263 g/mol. The molecule has 0 unspecified atom stereocenters. The number of halogens is 5. The van der Waals surface area contributed by atoms with Crippen molar-refractivity contribution in [2.75, 3.05) is 6.54 Å². The van der Waals surface area contributed by atoms with E-state index < -0.39 is 24.7 Å². The van der Waals surface area contributed by atoms with E-state index in [-0.39, 0.29) is 17.5 Å². The molecule has 0 saturated heterocycles. The van der Waals surface area contributed by atoms with Crippen LogP contribution in [-0.2, 0) is 0 Å². The molecule has 104 valence electrons. The Hall–Kier alpha value is -0.920. The minimum absolute atomic E-state index is 0. The number of hydrogen-bond donors (Lipinski definition) is 1. The zero-order chi connectivity index (χ0) is 13.0. The fourth-order valence-corrected chi connectivity index (χ4v) is 1.07. The third-order valence-corrected chi connectivity index (χ3v) is 1.89. The van der Waals surface area contributed by atoms with Gasteiger partial charge < -0.3 is 6.15 Å². The normalized spacial score (nSPS) is 20.0. The van der Waals surface area contributed by atoms with E-state index in [4.69, 9.17) is 0 Å². The standard InChI is InChI=1S/C7H9F5N2.C2H6.H3N/c1-2-3-4-14-5(8)13-6(9,10)7(14,11)12;1-2;/h2-4H2,1H3;1-2H3;1H3. The van der Waals surface area contributed by atoms with Gasteiger partial charge in [-0.25, -0.2) is 0 Å². The molecule has 1 aliphatic rings. The highest BCUT2D eigenvalue weighted by Gasteiger charge is 2.66. The molecule has 0 aliphatic carbocycles. The Kier molecular flexibility index (Phi) is 7.30. The molecule has 1 rings (SSSR count). The van der Waals surface area contributed by atoms with E-state index in [0.29, 0.717) is 6.42 Å². The molecule has 0 aromatic rings. The number of hydrogen-bond acceptors (Lipinski definition) is 3. The number of nitrogens with zero attached hydrogens (tertiary/aromatic N) is 2. The Morgan fingerprint density at radius 1 is 1.18 bits per heavy atom. The van der Waals surface area contributed by atoms with E-state index in [9.17, 15) is 22.0 Å². The molecule has 0 bridgehead atoms. The fourth-order valence-electron chi connectivity index (χ4n) is 1.07. The first-order valence-corrected chi connectivity index (χ1v) is 5.11. The highest BCUT2D eigenvalue weighted by molar-refractivity contribution is 5.75. The SMILES string of the molecule is CC.CCCCN1C(F)=NC(F)(F)C1(F)F.N. The van der Waals surface area contributed by atoms with E-state index in [1.54, 1.807) is 6.92 Å². The summed E-state index contributed by atoms with van der Waals surface area (Å²) >= 11 is 0. The average Bonchev–Trinajstić information content (AvgIpc) is 2.34. The summed E-state index contributed by atoms with van der Waals surface area (Å²) < 4.78 is 63.0. The molecule has 0 amide bonds. The molecule has 17 heavy (non-hydrogen) atoms. The van der Waals surface area contributed by atoms with Crippen LogP contribution >= 0.6 is 0 Å². The molecule has 0 saturated carbocycles. The van der Waals surface area contributed by atoms with E-state index in [2.05, 4.69) is 0 Å². The zero-order valence-corrected chi connectivity index (χ0v) is 10.1. The van der Waals surface area contributed by atoms with Crippen molar-refractivity contribution in [2.24, 2.45) is 4.99 Å². The predicted molar refractivity (Wildman–Crippen MR) is 56.4 cm³/mol. The van der Waals surface area contributed by atoms with Crippen molar-refractivity contribution in [3.63, 3.8) is 0 Å². The highest BCUT2D eigenvalue weighted by atomic mass is 19.3. The number of amidine groups is 1. The van der Waals surface area contributed by atoms with Gasteiger partial charge in [0.15, 0.2) is 0 Å². The van der Waals surface area contributed by atoms with Gasteiger partial charge in [-0.1, -0.05) is 27.2 Å². The summed E-state index contributed by atoms with van der Waals surface area (Å²) in [5.41, 5.74) is 0. The van der Waals surface area contributed by atoms with Crippen molar-refractivity contribution in [3.05, 3.63) is 0 Å². The third-order valence-electron chi connectivity index (χ3n) is 1.89. The lowest BCUT2D eigenvalue weighted by molar-refractivity contribution is -0.248. The van der Waals surface area contributed by atoms with Crippen LogP contribution in [0.1, 0.15) is 33.6 Å². The maximum absolute atomic E-state index is 12.8. The van der Waals surface area contributed by atoms with Crippen molar-refractivity contribution in [3.8, 4) is 0 Å². The molecule has 3 nitrogen and oxygen atoms in total. The largest absolute Gasteiger partial charge is 0.429 e. The van der Waals surface area contributed by atoms with Crippen LogP contribution in [0.2, 0.25) is 0 Å².